The Labute approximate surface area is 140 Å². The van der Waals surface area contributed by atoms with E-state index in [0.29, 0.717) is 29.5 Å². The third-order valence-electron chi connectivity index (χ3n) is 4.01. The van der Waals surface area contributed by atoms with Gasteiger partial charge in [0.1, 0.15) is 0 Å². The summed E-state index contributed by atoms with van der Waals surface area (Å²) in [6.07, 6.45) is 4.07. The van der Waals surface area contributed by atoms with Crippen LogP contribution in [0.2, 0.25) is 5.02 Å². The number of piperidine rings is 1. The van der Waals surface area contributed by atoms with E-state index in [1.807, 2.05) is 35.4 Å². The Kier molecular flexibility index (Phi) is 5.52. The number of carbonyl (C=O) groups is 1. The SMILES string of the molecule is CSC1(C(N)=S)CCN(C(=O)Cc2cccc(Cl)c2)CC1. The van der Waals surface area contributed by atoms with Gasteiger partial charge in [-0.15, -0.1) is 0 Å². The minimum atomic E-state index is -0.151. The molecule has 0 atom stereocenters. The fourth-order valence-corrected chi connectivity index (χ4v) is 4.06. The highest BCUT2D eigenvalue weighted by Gasteiger charge is 2.37. The molecule has 0 aliphatic carbocycles. The largest absolute Gasteiger partial charge is 0.392 e. The average Bonchev–Trinajstić information content (AvgIpc) is 2.47. The summed E-state index contributed by atoms with van der Waals surface area (Å²) in [6.45, 7) is 1.41. The van der Waals surface area contributed by atoms with Gasteiger partial charge in [-0.2, -0.15) is 11.8 Å². The number of hydrogen-bond acceptors (Lipinski definition) is 3. The molecule has 0 saturated carbocycles. The lowest BCUT2D eigenvalue weighted by Crippen LogP contribution is -2.51. The van der Waals surface area contributed by atoms with Crippen LogP contribution < -0.4 is 5.73 Å². The van der Waals surface area contributed by atoms with Gasteiger partial charge in [-0.1, -0.05) is 36.0 Å². The van der Waals surface area contributed by atoms with Gasteiger partial charge in [0.05, 0.1) is 16.2 Å². The third-order valence-corrected chi connectivity index (χ3v) is 6.17. The normalized spacial score (nSPS) is 17.5. The third kappa shape index (κ3) is 3.90. The van der Waals surface area contributed by atoms with Gasteiger partial charge in [0.2, 0.25) is 5.91 Å². The topological polar surface area (TPSA) is 46.3 Å². The maximum Gasteiger partial charge on any atom is 0.226 e. The Hall–Kier alpha value is -0.780. The van der Waals surface area contributed by atoms with Crippen LogP contribution in [0.3, 0.4) is 0 Å². The van der Waals surface area contributed by atoms with Crippen LogP contribution in [-0.2, 0) is 11.2 Å². The molecular weight excluding hydrogens is 324 g/mol. The van der Waals surface area contributed by atoms with E-state index in [1.165, 1.54) is 0 Å². The Bertz CT molecular complexity index is 542. The fraction of sp³-hybridized carbons (Fsp3) is 0.467. The number of halogens is 1. The van der Waals surface area contributed by atoms with Crippen LogP contribution in [0.4, 0.5) is 0 Å². The predicted octanol–water partition coefficient (Wildman–Crippen LogP) is 2.89. The lowest BCUT2D eigenvalue weighted by atomic mass is 9.95. The van der Waals surface area contributed by atoms with Crippen LogP contribution in [0.5, 0.6) is 0 Å². The molecule has 0 spiro atoms. The van der Waals surface area contributed by atoms with E-state index < -0.39 is 0 Å². The monoisotopic (exact) mass is 342 g/mol. The van der Waals surface area contributed by atoms with E-state index in [-0.39, 0.29) is 10.7 Å². The number of thioether (sulfide) groups is 1. The zero-order chi connectivity index (χ0) is 15.5. The van der Waals surface area contributed by atoms with Gasteiger partial charge >= 0.3 is 0 Å². The predicted molar refractivity (Wildman–Crippen MR) is 94.0 cm³/mol. The van der Waals surface area contributed by atoms with Gasteiger partial charge < -0.3 is 10.6 Å². The molecule has 21 heavy (non-hydrogen) atoms. The van der Waals surface area contributed by atoms with Crippen molar-refractivity contribution in [3.05, 3.63) is 34.9 Å². The first kappa shape index (κ1) is 16.6. The van der Waals surface area contributed by atoms with Crippen LogP contribution in [0, 0.1) is 0 Å². The van der Waals surface area contributed by atoms with Gasteiger partial charge in [-0.25, -0.2) is 0 Å². The molecule has 3 nitrogen and oxygen atoms in total. The van der Waals surface area contributed by atoms with Gasteiger partial charge in [0.15, 0.2) is 0 Å². The summed E-state index contributed by atoms with van der Waals surface area (Å²) in [4.78, 5) is 14.8. The molecule has 1 heterocycles. The van der Waals surface area contributed by atoms with Crippen molar-refractivity contribution in [1.29, 1.82) is 0 Å². The molecule has 6 heteroatoms. The molecule has 2 rings (SSSR count). The first-order valence-electron chi connectivity index (χ1n) is 6.84. The number of thiocarbonyl (C=S) groups is 1. The lowest BCUT2D eigenvalue weighted by molar-refractivity contribution is -0.131. The minimum absolute atomic E-state index is 0.134. The molecule has 1 aromatic rings. The van der Waals surface area contributed by atoms with Crippen molar-refractivity contribution in [2.45, 2.75) is 24.0 Å². The molecule has 0 radical (unpaired) electrons. The Morgan fingerprint density at radius 2 is 2.14 bits per heavy atom. The smallest absolute Gasteiger partial charge is 0.226 e. The number of carbonyl (C=O) groups excluding carboxylic acids is 1. The summed E-state index contributed by atoms with van der Waals surface area (Å²) in [6, 6.07) is 7.44. The quantitative estimate of drug-likeness (QED) is 0.855. The molecule has 0 aromatic heterocycles. The lowest BCUT2D eigenvalue weighted by Gasteiger charge is -2.40. The van der Waals surface area contributed by atoms with Crippen LogP contribution in [0.1, 0.15) is 18.4 Å². The summed E-state index contributed by atoms with van der Waals surface area (Å²) < 4.78 is -0.151. The van der Waals surface area contributed by atoms with Gasteiger partial charge in [-0.05, 0) is 36.8 Å². The molecule has 0 bridgehead atoms. The highest BCUT2D eigenvalue weighted by atomic mass is 35.5. The standard InChI is InChI=1S/C15H19ClN2OS2/c1-21-15(14(17)20)5-7-18(8-6-15)13(19)10-11-3-2-4-12(16)9-11/h2-4,9H,5-8,10H2,1H3,(H2,17,20). The summed E-state index contributed by atoms with van der Waals surface area (Å²) >= 11 is 12.8. The second kappa shape index (κ2) is 6.99. The van der Waals surface area contributed by atoms with Gasteiger partial charge in [0.25, 0.3) is 0 Å². The maximum atomic E-state index is 12.4. The number of nitrogens with zero attached hydrogens (tertiary/aromatic N) is 1. The zero-order valence-corrected chi connectivity index (χ0v) is 14.4. The molecule has 1 fully saturated rings. The molecular formula is C15H19ClN2OS2. The van der Waals surface area contributed by atoms with E-state index in [4.69, 9.17) is 29.6 Å². The van der Waals surface area contributed by atoms with Gasteiger partial charge in [-0.3, -0.25) is 4.79 Å². The number of amides is 1. The number of benzene rings is 1. The molecule has 2 N–H and O–H groups in total. The van der Waals surface area contributed by atoms with E-state index in [2.05, 4.69) is 0 Å². The van der Waals surface area contributed by atoms with Crippen LogP contribution in [-0.4, -0.2) is 39.9 Å². The van der Waals surface area contributed by atoms with E-state index in [1.54, 1.807) is 11.8 Å². The first-order valence-corrected chi connectivity index (χ1v) is 8.85. The fourth-order valence-electron chi connectivity index (χ4n) is 2.60. The molecule has 1 saturated heterocycles. The zero-order valence-electron chi connectivity index (χ0n) is 12.0. The van der Waals surface area contributed by atoms with Crippen LogP contribution >= 0.6 is 35.6 Å². The van der Waals surface area contributed by atoms with Crippen molar-refractivity contribution in [2.24, 2.45) is 5.73 Å². The van der Waals surface area contributed by atoms with Crippen LogP contribution in [0.15, 0.2) is 24.3 Å². The van der Waals surface area contributed by atoms with Crippen molar-refractivity contribution >= 4 is 46.5 Å². The average molecular weight is 343 g/mol. The van der Waals surface area contributed by atoms with Crippen molar-refractivity contribution in [3.8, 4) is 0 Å². The highest BCUT2D eigenvalue weighted by molar-refractivity contribution is 8.02. The van der Waals surface area contributed by atoms with Crippen molar-refractivity contribution in [3.63, 3.8) is 0 Å². The molecule has 1 amide bonds. The Balaban J connectivity index is 1.96. The Morgan fingerprint density at radius 3 is 2.67 bits per heavy atom. The molecule has 1 aromatic carbocycles. The van der Waals surface area contributed by atoms with Crippen molar-refractivity contribution in [2.75, 3.05) is 19.3 Å². The van der Waals surface area contributed by atoms with Crippen LogP contribution in [0.25, 0.3) is 0 Å². The van der Waals surface area contributed by atoms with Crippen molar-refractivity contribution in [1.82, 2.24) is 4.90 Å². The summed E-state index contributed by atoms with van der Waals surface area (Å²) in [5.74, 6) is 0.134. The summed E-state index contributed by atoms with van der Waals surface area (Å²) in [5.41, 5.74) is 6.81. The number of hydrogen-bond donors (Lipinski definition) is 1. The second-order valence-electron chi connectivity index (χ2n) is 5.25. The second-order valence-corrected chi connectivity index (χ2v) is 7.32. The van der Waals surface area contributed by atoms with Crippen molar-refractivity contribution < 1.29 is 4.79 Å². The number of likely N-dealkylation sites (tertiary alicyclic amines) is 1. The molecule has 1 aliphatic heterocycles. The molecule has 114 valence electrons. The van der Waals surface area contributed by atoms with Gasteiger partial charge in [0, 0.05) is 18.1 Å². The van der Waals surface area contributed by atoms with E-state index in [0.717, 1.165) is 18.4 Å². The maximum absolute atomic E-state index is 12.4. The van der Waals surface area contributed by atoms with E-state index >= 15 is 0 Å². The highest BCUT2D eigenvalue weighted by Crippen LogP contribution is 2.35. The summed E-state index contributed by atoms with van der Waals surface area (Å²) in [5, 5.41) is 0.661. The number of nitrogens with two attached hydrogens (primary N) is 1. The molecule has 1 aliphatic rings. The first-order chi connectivity index (χ1) is 9.97. The minimum Gasteiger partial charge on any atom is -0.392 e. The Morgan fingerprint density at radius 1 is 1.48 bits per heavy atom. The molecule has 0 unspecified atom stereocenters. The summed E-state index contributed by atoms with van der Waals surface area (Å²) in [7, 11) is 0. The van der Waals surface area contributed by atoms with E-state index in [9.17, 15) is 4.79 Å². The number of rotatable bonds is 4.